The highest BCUT2D eigenvalue weighted by molar-refractivity contribution is 9.10. The number of nitrogens with zero attached hydrogens (tertiary/aromatic N) is 1. The third kappa shape index (κ3) is 2.70. The molecule has 18 heavy (non-hydrogen) atoms. The average Bonchev–Trinajstić information content (AvgIpc) is 2.70. The molecule has 0 unspecified atom stereocenters. The SMILES string of the molecule is Cc1cc(N)c(NC(=O)c2cnc(C)s2)c(Br)c1. The highest BCUT2D eigenvalue weighted by Crippen LogP contribution is 2.30. The fourth-order valence-electron chi connectivity index (χ4n) is 1.54. The molecule has 1 heterocycles. The van der Waals surface area contributed by atoms with Gasteiger partial charge in [-0.15, -0.1) is 11.3 Å². The second kappa shape index (κ2) is 5.07. The van der Waals surface area contributed by atoms with Crippen LogP contribution in [0, 0.1) is 13.8 Å². The molecule has 1 aromatic heterocycles. The van der Waals surface area contributed by atoms with Crippen LogP contribution in [-0.4, -0.2) is 10.9 Å². The van der Waals surface area contributed by atoms with Gasteiger partial charge in [0.1, 0.15) is 4.88 Å². The summed E-state index contributed by atoms with van der Waals surface area (Å²) in [6.45, 7) is 3.80. The molecule has 6 heteroatoms. The quantitative estimate of drug-likeness (QED) is 0.832. The first-order valence-corrected chi connectivity index (χ1v) is 6.87. The lowest BCUT2D eigenvalue weighted by atomic mass is 10.2. The fourth-order valence-corrected chi connectivity index (χ4v) is 2.90. The second-order valence-electron chi connectivity index (χ2n) is 3.91. The summed E-state index contributed by atoms with van der Waals surface area (Å²) >= 11 is 4.75. The van der Waals surface area contributed by atoms with Crippen LogP contribution in [0.3, 0.4) is 0 Å². The van der Waals surface area contributed by atoms with Crippen molar-refractivity contribution in [1.29, 1.82) is 0 Å². The maximum Gasteiger partial charge on any atom is 0.267 e. The predicted octanol–water partition coefficient (Wildman–Crippen LogP) is 3.36. The van der Waals surface area contributed by atoms with Crippen LogP contribution >= 0.6 is 27.3 Å². The van der Waals surface area contributed by atoms with Crippen molar-refractivity contribution < 1.29 is 4.79 Å². The molecule has 0 radical (unpaired) electrons. The van der Waals surface area contributed by atoms with Crippen molar-refractivity contribution in [1.82, 2.24) is 4.98 Å². The van der Waals surface area contributed by atoms with Crippen LogP contribution in [-0.2, 0) is 0 Å². The van der Waals surface area contributed by atoms with Crippen LogP contribution in [0.1, 0.15) is 20.2 Å². The van der Waals surface area contributed by atoms with Crippen LogP contribution < -0.4 is 11.1 Å². The Kier molecular flexibility index (Phi) is 3.68. The molecule has 3 N–H and O–H groups in total. The maximum absolute atomic E-state index is 12.0. The molecule has 0 aliphatic heterocycles. The lowest BCUT2D eigenvalue weighted by molar-refractivity contribution is 0.103. The van der Waals surface area contributed by atoms with Crippen molar-refractivity contribution in [2.75, 3.05) is 11.1 Å². The molecule has 2 aromatic rings. The number of nitrogens with two attached hydrogens (primary N) is 1. The van der Waals surface area contributed by atoms with E-state index in [9.17, 15) is 4.79 Å². The number of halogens is 1. The number of aryl methyl sites for hydroxylation is 2. The summed E-state index contributed by atoms with van der Waals surface area (Å²) in [6, 6.07) is 3.72. The first-order valence-electron chi connectivity index (χ1n) is 5.27. The summed E-state index contributed by atoms with van der Waals surface area (Å²) in [6.07, 6.45) is 1.56. The molecule has 0 saturated heterocycles. The monoisotopic (exact) mass is 325 g/mol. The van der Waals surface area contributed by atoms with Crippen molar-refractivity contribution in [3.05, 3.63) is 38.3 Å². The number of carbonyl (C=O) groups excluding carboxylic acids is 1. The predicted molar refractivity (Wildman–Crippen MR) is 78.1 cm³/mol. The molecule has 4 nitrogen and oxygen atoms in total. The van der Waals surface area contributed by atoms with Gasteiger partial charge < -0.3 is 11.1 Å². The summed E-state index contributed by atoms with van der Waals surface area (Å²) < 4.78 is 0.773. The molecule has 0 saturated carbocycles. The van der Waals surface area contributed by atoms with Crippen LogP contribution in [0.15, 0.2) is 22.8 Å². The molecule has 94 valence electrons. The number of anilines is 2. The molecule has 0 fully saturated rings. The number of nitrogens with one attached hydrogen (secondary N) is 1. The Labute approximate surface area is 117 Å². The van der Waals surface area contributed by atoms with Gasteiger partial charge in [-0.05, 0) is 47.5 Å². The van der Waals surface area contributed by atoms with Gasteiger partial charge in [-0.2, -0.15) is 0 Å². The van der Waals surface area contributed by atoms with Crippen LogP contribution in [0.25, 0.3) is 0 Å². The average molecular weight is 326 g/mol. The second-order valence-corrected chi connectivity index (χ2v) is 6.00. The highest BCUT2D eigenvalue weighted by Gasteiger charge is 2.13. The van der Waals surface area contributed by atoms with Crippen LogP contribution in [0.5, 0.6) is 0 Å². The van der Waals surface area contributed by atoms with Gasteiger partial charge in [0.05, 0.1) is 22.6 Å². The number of carbonyl (C=O) groups is 1. The van der Waals surface area contributed by atoms with Gasteiger partial charge in [0.25, 0.3) is 5.91 Å². The molecule has 0 spiro atoms. The van der Waals surface area contributed by atoms with Gasteiger partial charge in [0.15, 0.2) is 0 Å². The van der Waals surface area contributed by atoms with Gasteiger partial charge in [-0.1, -0.05) is 0 Å². The van der Waals surface area contributed by atoms with E-state index >= 15 is 0 Å². The number of hydrogen-bond acceptors (Lipinski definition) is 4. The van der Waals surface area contributed by atoms with Crippen molar-refractivity contribution in [2.45, 2.75) is 13.8 Å². The minimum Gasteiger partial charge on any atom is -0.397 e. The summed E-state index contributed by atoms with van der Waals surface area (Å²) in [5, 5.41) is 3.65. The largest absolute Gasteiger partial charge is 0.397 e. The molecule has 2 rings (SSSR count). The standard InChI is InChI=1S/C12H12BrN3OS/c1-6-3-8(13)11(9(14)4-6)16-12(17)10-5-15-7(2)18-10/h3-5H,14H2,1-2H3,(H,16,17). The molecule has 0 aliphatic rings. The summed E-state index contributed by atoms with van der Waals surface area (Å²) in [4.78, 5) is 16.6. The van der Waals surface area contributed by atoms with E-state index < -0.39 is 0 Å². The number of thiazole rings is 1. The summed E-state index contributed by atoms with van der Waals surface area (Å²) in [5.74, 6) is -0.197. The van der Waals surface area contributed by atoms with Gasteiger partial charge in [-0.3, -0.25) is 4.79 Å². The highest BCUT2D eigenvalue weighted by atomic mass is 79.9. The first kappa shape index (κ1) is 13.0. The minimum atomic E-state index is -0.197. The number of aromatic nitrogens is 1. The minimum absolute atomic E-state index is 0.197. The normalized spacial score (nSPS) is 10.4. The van der Waals surface area contributed by atoms with E-state index in [4.69, 9.17) is 5.73 Å². The Balaban J connectivity index is 2.27. The molecular weight excluding hydrogens is 314 g/mol. The van der Waals surface area contributed by atoms with Gasteiger partial charge >= 0.3 is 0 Å². The maximum atomic E-state index is 12.0. The molecule has 0 aliphatic carbocycles. The van der Waals surface area contributed by atoms with Crippen LogP contribution in [0.2, 0.25) is 0 Å². The third-order valence-corrected chi connectivity index (χ3v) is 3.89. The number of amides is 1. The number of nitrogen functional groups attached to an aromatic ring is 1. The zero-order valence-electron chi connectivity index (χ0n) is 9.95. The Bertz CT molecular complexity index is 586. The van der Waals surface area contributed by atoms with Crippen molar-refractivity contribution in [2.24, 2.45) is 0 Å². The Morgan fingerprint density at radius 1 is 1.44 bits per heavy atom. The molecule has 0 atom stereocenters. The van der Waals surface area contributed by atoms with E-state index in [0.29, 0.717) is 16.3 Å². The van der Waals surface area contributed by atoms with E-state index in [0.717, 1.165) is 15.0 Å². The molecule has 1 amide bonds. The summed E-state index contributed by atoms with van der Waals surface area (Å²) in [5.41, 5.74) is 8.06. The van der Waals surface area contributed by atoms with Gasteiger partial charge in [0, 0.05) is 4.47 Å². The van der Waals surface area contributed by atoms with Crippen molar-refractivity contribution in [3.63, 3.8) is 0 Å². The van der Waals surface area contributed by atoms with Gasteiger partial charge in [-0.25, -0.2) is 4.98 Å². The van der Waals surface area contributed by atoms with Gasteiger partial charge in [0.2, 0.25) is 0 Å². The smallest absolute Gasteiger partial charge is 0.267 e. The fraction of sp³-hybridized carbons (Fsp3) is 0.167. The Hall–Kier alpha value is -1.40. The zero-order chi connectivity index (χ0) is 13.3. The first-order chi connectivity index (χ1) is 8.47. The molecule has 1 aromatic carbocycles. The number of rotatable bonds is 2. The van der Waals surface area contributed by atoms with E-state index in [2.05, 4.69) is 26.2 Å². The lowest BCUT2D eigenvalue weighted by Crippen LogP contribution is -2.12. The topological polar surface area (TPSA) is 68.0 Å². The van der Waals surface area contributed by atoms with E-state index in [1.165, 1.54) is 11.3 Å². The summed E-state index contributed by atoms with van der Waals surface area (Å²) in [7, 11) is 0. The van der Waals surface area contributed by atoms with E-state index in [1.54, 1.807) is 6.20 Å². The molecule has 0 bridgehead atoms. The number of benzene rings is 1. The third-order valence-electron chi connectivity index (χ3n) is 2.35. The lowest BCUT2D eigenvalue weighted by Gasteiger charge is -2.10. The Morgan fingerprint density at radius 2 is 2.17 bits per heavy atom. The van der Waals surface area contributed by atoms with Crippen molar-refractivity contribution >= 4 is 44.5 Å². The number of hydrogen-bond donors (Lipinski definition) is 2. The van der Waals surface area contributed by atoms with Crippen molar-refractivity contribution in [3.8, 4) is 0 Å². The zero-order valence-corrected chi connectivity index (χ0v) is 12.4. The van der Waals surface area contributed by atoms with E-state index in [-0.39, 0.29) is 5.91 Å². The molecular formula is C12H12BrN3OS. The Morgan fingerprint density at radius 3 is 2.72 bits per heavy atom. The van der Waals surface area contributed by atoms with Crippen LogP contribution in [0.4, 0.5) is 11.4 Å². The van der Waals surface area contributed by atoms with E-state index in [1.807, 2.05) is 26.0 Å².